The molecule has 3 heteroatoms. The quantitative estimate of drug-likeness (QED) is 0.148. The van der Waals surface area contributed by atoms with Crippen LogP contribution < -0.4 is 26.2 Å². The Morgan fingerprint density at radius 2 is 0.683 bits per heavy atom. The third-order valence-electron chi connectivity index (χ3n) is 12.8. The fraction of sp³-hybridized carbons (Fsp3) is 0. The fourth-order valence-corrected chi connectivity index (χ4v) is 9.97. The van der Waals surface area contributed by atoms with Crippen LogP contribution in [0.25, 0.3) is 55.6 Å². The van der Waals surface area contributed by atoms with Gasteiger partial charge in [0.25, 0.3) is 6.71 Å². The van der Waals surface area contributed by atoms with Gasteiger partial charge in [0.1, 0.15) is 0 Å². The Hall–Kier alpha value is -8.14. The van der Waals surface area contributed by atoms with Crippen molar-refractivity contribution in [2.24, 2.45) is 0 Å². The van der Waals surface area contributed by atoms with Crippen LogP contribution in [-0.4, -0.2) is 6.71 Å². The van der Waals surface area contributed by atoms with Crippen molar-refractivity contribution >= 4 is 57.2 Å². The average Bonchev–Trinajstić information content (AvgIpc) is 3.37. The lowest BCUT2D eigenvalue weighted by molar-refractivity contribution is 1.25. The van der Waals surface area contributed by atoms with Crippen molar-refractivity contribution in [2.45, 2.75) is 0 Å². The molecule has 0 aliphatic carbocycles. The van der Waals surface area contributed by atoms with E-state index in [1.54, 1.807) is 0 Å². The van der Waals surface area contributed by atoms with E-state index in [1.165, 1.54) is 94.8 Å². The van der Waals surface area contributed by atoms with E-state index < -0.39 is 0 Å². The molecule has 0 unspecified atom stereocenters. The second-order valence-corrected chi connectivity index (χ2v) is 16.5. The standard InChI is InChI=1S/C60H41BN2/c1-6-19-42(20-7-1)47-29-16-31-51(37-47)62-56-36-35-49(44-23-10-3-11-24-44)39-55(56)61-54-34-18-33-53(46-27-14-5-15-28-46)60(54)63(52-32-17-30-48(38-52)43-21-8-2-9-22-43)58-41-50(40-57(62)59(58)61)45-25-12-4-13-26-45/h1-41H. The van der Waals surface area contributed by atoms with Gasteiger partial charge < -0.3 is 9.80 Å². The summed E-state index contributed by atoms with van der Waals surface area (Å²) >= 11 is 0. The molecule has 2 aliphatic heterocycles. The molecule has 2 aliphatic rings. The molecule has 0 spiro atoms. The molecule has 0 amide bonds. The first-order valence-electron chi connectivity index (χ1n) is 21.8. The van der Waals surface area contributed by atoms with Crippen LogP contribution in [0, 0.1) is 0 Å². The van der Waals surface area contributed by atoms with E-state index in [-0.39, 0.29) is 6.71 Å². The maximum atomic E-state index is 2.57. The number of fused-ring (bicyclic) bond motifs is 4. The number of benzene rings is 10. The van der Waals surface area contributed by atoms with Crippen LogP contribution in [0.4, 0.5) is 34.1 Å². The van der Waals surface area contributed by atoms with Crippen LogP contribution in [0.15, 0.2) is 249 Å². The topological polar surface area (TPSA) is 6.48 Å². The zero-order valence-electron chi connectivity index (χ0n) is 34.6. The number of para-hydroxylation sites is 1. The summed E-state index contributed by atoms with van der Waals surface area (Å²) < 4.78 is 0. The van der Waals surface area contributed by atoms with Gasteiger partial charge in [-0.3, -0.25) is 0 Å². The molecule has 0 saturated carbocycles. The third-order valence-corrected chi connectivity index (χ3v) is 12.8. The number of hydrogen-bond acceptors (Lipinski definition) is 2. The van der Waals surface area contributed by atoms with Crippen LogP contribution in [0.1, 0.15) is 0 Å². The second-order valence-electron chi connectivity index (χ2n) is 16.5. The molecule has 0 radical (unpaired) electrons. The van der Waals surface area contributed by atoms with Gasteiger partial charge in [0.15, 0.2) is 0 Å². The zero-order valence-corrected chi connectivity index (χ0v) is 34.6. The van der Waals surface area contributed by atoms with Gasteiger partial charge in [0, 0.05) is 39.7 Å². The van der Waals surface area contributed by atoms with Crippen LogP contribution >= 0.6 is 0 Å². The van der Waals surface area contributed by atoms with E-state index >= 15 is 0 Å². The lowest BCUT2D eigenvalue weighted by Crippen LogP contribution is -2.61. The van der Waals surface area contributed by atoms with E-state index in [0.717, 1.165) is 11.4 Å². The molecule has 0 bridgehead atoms. The largest absolute Gasteiger partial charge is 0.311 e. The smallest absolute Gasteiger partial charge is 0.252 e. The third kappa shape index (κ3) is 6.37. The average molecular weight is 801 g/mol. The van der Waals surface area contributed by atoms with Crippen molar-refractivity contribution in [2.75, 3.05) is 9.80 Å². The summed E-state index contributed by atoms with van der Waals surface area (Å²) in [6.45, 7) is -0.0562. The Morgan fingerprint density at radius 1 is 0.254 bits per heavy atom. The lowest BCUT2D eigenvalue weighted by atomic mass is 9.33. The summed E-state index contributed by atoms with van der Waals surface area (Å²) in [5.41, 5.74) is 22.8. The van der Waals surface area contributed by atoms with Gasteiger partial charge >= 0.3 is 0 Å². The number of hydrogen-bond donors (Lipinski definition) is 0. The molecule has 0 N–H and O–H groups in total. The normalized spacial score (nSPS) is 12.3. The highest BCUT2D eigenvalue weighted by Crippen LogP contribution is 2.49. The summed E-state index contributed by atoms with van der Waals surface area (Å²) in [6.07, 6.45) is 0. The summed E-state index contributed by atoms with van der Waals surface area (Å²) in [7, 11) is 0. The van der Waals surface area contributed by atoms with Gasteiger partial charge in [-0.05, 0) is 109 Å². The first kappa shape index (κ1) is 36.7. The molecule has 0 fully saturated rings. The molecule has 12 rings (SSSR count). The molecule has 0 atom stereocenters. The summed E-state index contributed by atoms with van der Waals surface area (Å²) in [5, 5.41) is 0. The highest BCUT2D eigenvalue weighted by Gasteiger charge is 2.44. The maximum Gasteiger partial charge on any atom is 0.252 e. The van der Waals surface area contributed by atoms with Gasteiger partial charge in [-0.1, -0.05) is 206 Å². The van der Waals surface area contributed by atoms with Crippen LogP contribution in [0.3, 0.4) is 0 Å². The minimum Gasteiger partial charge on any atom is -0.311 e. The van der Waals surface area contributed by atoms with Crippen molar-refractivity contribution in [1.29, 1.82) is 0 Å². The van der Waals surface area contributed by atoms with Gasteiger partial charge in [0.05, 0.1) is 0 Å². The minimum absolute atomic E-state index is 0.0562. The molecule has 294 valence electrons. The van der Waals surface area contributed by atoms with Gasteiger partial charge in [-0.25, -0.2) is 0 Å². The number of rotatable bonds is 7. The molecule has 2 heterocycles. The SMILES string of the molecule is c1ccc(-c2cccc(N3c4ccc(-c5ccccc5)cc4B4c5cccc(-c6ccccc6)c5N(c5cccc(-c6ccccc6)c5)c5cc(-c6ccccc6)cc3c54)c2)cc1. The van der Waals surface area contributed by atoms with Crippen LogP contribution in [0.5, 0.6) is 0 Å². The first-order valence-corrected chi connectivity index (χ1v) is 21.8. The van der Waals surface area contributed by atoms with Crippen molar-refractivity contribution < 1.29 is 0 Å². The van der Waals surface area contributed by atoms with E-state index in [1.807, 2.05) is 0 Å². The molecule has 10 aromatic rings. The van der Waals surface area contributed by atoms with E-state index in [2.05, 4.69) is 259 Å². The van der Waals surface area contributed by atoms with Crippen molar-refractivity contribution in [3.63, 3.8) is 0 Å². The first-order chi connectivity index (χ1) is 31.3. The summed E-state index contributed by atoms with van der Waals surface area (Å²) in [4.78, 5) is 5.10. The Kier molecular flexibility index (Phi) is 8.97. The Bertz CT molecular complexity index is 3280. The van der Waals surface area contributed by atoms with Gasteiger partial charge in [-0.2, -0.15) is 0 Å². The Balaban J connectivity index is 1.20. The molecule has 2 nitrogen and oxygen atoms in total. The zero-order chi connectivity index (χ0) is 41.7. The Labute approximate surface area is 369 Å². The van der Waals surface area contributed by atoms with E-state index in [4.69, 9.17) is 0 Å². The van der Waals surface area contributed by atoms with Gasteiger partial charge in [-0.15, -0.1) is 0 Å². The maximum absolute atomic E-state index is 2.57. The van der Waals surface area contributed by atoms with Crippen molar-refractivity contribution in [1.82, 2.24) is 0 Å². The highest BCUT2D eigenvalue weighted by atomic mass is 15.2. The highest BCUT2D eigenvalue weighted by molar-refractivity contribution is 7.00. The number of anilines is 6. The summed E-state index contributed by atoms with van der Waals surface area (Å²) in [6, 6.07) is 91.2. The number of nitrogens with zero attached hydrogens (tertiary/aromatic N) is 2. The molecule has 63 heavy (non-hydrogen) atoms. The summed E-state index contributed by atoms with van der Waals surface area (Å²) in [5.74, 6) is 0. The predicted octanol–water partition coefficient (Wildman–Crippen LogP) is 14.1. The minimum atomic E-state index is -0.0562. The molecule has 10 aromatic carbocycles. The Morgan fingerprint density at radius 3 is 1.22 bits per heavy atom. The predicted molar refractivity (Wildman–Crippen MR) is 268 cm³/mol. The molecule has 0 saturated heterocycles. The second kappa shape index (κ2) is 15.4. The lowest BCUT2D eigenvalue weighted by Gasteiger charge is -2.45. The molecule has 0 aromatic heterocycles. The van der Waals surface area contributed by atoms with Crippen LogP contribution in [0.2, 0.25) is 0 Å². The fourth-order valence-electron chi connectivity index (χ4n) is 9.97. The van der Waals surface area contributed by atoms with Crippen LogP contribution in [-0.2, 0) is 0 Å². The molecular weight excluding hydrogens is 759 g/mol. The van der Waals surface area contributed by atoms with E-state index in [9.17, 15) is 0 Å². The van der Waals surface area contributed by atoms with Gasteiger partial charge in [0.2, 0.25) is 0 Å². The van der Waals surface area contributed by atoms with Crippen molar-refractivity contribution in [3.8, 4) is 55.6 Å². The monoisotopic (exact) mass is 800 g/mol. The van der Waals surface area contributed by atoms with E-state index in [0.29, 0.717) is 0 Å². The van der Waals surface area contributed by atoms with Crippen molar-refractivity contribution in [3.05, 3.63) is 249 Å². The molecular formula is C60H41BN2.